The third-order valence-corrected chi connectivity index (χ3v) is 4.16. The second-order valence-corrected chi connectivity index (χ2v) is 6.35. The molecule has 0 atom stereocenters. The van der Waals surface area contributed by atoms with Crippen molar-refractivity contribution in [1.82, 2.24) is 9.55 Å². The molecule has 6 heteroatoms. The number of ether oxygens (including phenoxy) is 2. The van der Waals surface area contributed by atoms with Gasteiger partial charge in [0.2, 0.25) is 5.88 Å². The van der Waals surface area contributed by atoms with Crippen LogP contribution in [0.15, 0.2) is 65.5 Å². The van der Waals surface area contributed by atoms with Gasteiger partial charge in [-0.1, -0.05) is 60.7 Å². The number of rotatable bonds is 6. The van der Waals surface area contributed by atoms with E-state index in [0.717, 1.165) is 11.1 Å². The Morgan fingerprint density at radius 2 is 1.55 bits per heavy atom. The summed E-state index contributed by atoms with van der Waals surface area (Å²) in [6.45, 7) is 1.57. The number of aromatic nitrogens is 2. The van der Waals surface area contributed by atoms with Gasteiger partial charge in [0.15, 0.2) is 0 Å². The van der Waals surface area contributed by atoms with Gasteiger partial charge in [-0.15, -0.1) is 0 Å². The van der Waals surface area contributed by atoms with Crippen molar-refractivity contribution in [1.29, 1.82) is 0 Å². The minimum atomic E-state index is -0.379. The topological polar surface area (TPSA) is 70.4 Å². The quantitative estimate of drug-likeness (QED) is 0.470. The Bertz CT molecular complexity index is 1150. The lowest BCUT2D eigenvalue weighted by atomic mass is 10.2. The molecule has 0 spiro atoms. The largest absolute Gasteiger partial charge is 0.473 e. The summed E-state index contributed by atoms with van der Waals surface area (Å²) in [6, 6.07) is 19.1. The molecule has 29 heavy (non-hydrogen) atoms. The molecule has 148 valence electrons. The maximum atomic E-state index is 12.9. The standard InChI is InChI=1S/C23H22N2O4/c1-17(26)28-13-14-29-22-21(16-19-11-7-4-8-12-19)25(2)23(27)20(24-22)15-18-9-5-3-6-10-18/h3-12,15-16H,13-14H2,1-2H3. The summed E-state index contributed by atoms with van der Waals surface area (Å²) in [6.07, 6.45) is 3.55. The molecular weight excluding hydrogens is 368 g/mol. The Balaban J connectivity index is 2.10. The third kappa shape index (κ3) is 5.42. The molecule has 0 saturated carbocycles. The molecular formula is C23H22N2O4. The molecule has 1 heterocycles. The van der Waals surface area contributed by atoms with Gasteiger partial charge in [0, 0.05) is 14.0 Å². The van der Waals surface area contributed by atoms with Gasteiger partial charge in [-0.2, -0.15) is 0 Å². The van der Waals surface area contributed by atoms with E-state index in [1.807, 2.05) is 66.7 Å². The van der Waals surface area contributed by atoms with Crippen LogP contribution in [0, 0.1) is 0 Å². The lowest BCUT2D eigenvalue weighted by Crippen LogP contribution is -2.44. The van der Waals surface area contributed by atoms with Crippen LogP contribution in [0.5, 0.6) is 5.88 Å². The van der Waals surface area contributed by atoms with Crippen molar-refractivity contribution in [3.8, 4) is 5.88 Å². The van der Waals surface area contributed by atoms with E-state index in [1.54, 1.807) is 13.1 Å². The van der Waals surface area contributed by atoms with Crippen molar-refractivity contribution in [2.24, 2.45) is 7.05 Å². The van der Waals surface area contributed by atoms with E-state index in [0.29, 0.717) is 11.2 Å². The molecule has 2 aromatic carbocycles. The van der Waals surface area contributed by atoms with Crippen LogP contribution in [-0.4, -0.2) is 28.7 Å². The number of nitrogens with zero attached hydrogens (tertiary/aromatic N) is 2. The van der Waals surface area contributed by atoms with Crippen molar-refractivity contribution in [2.45, 2.75) is 6.92 Å². The SMILES string of the molecule is CC(=O)OCCOc1nc(=Cc2ccccc2)c(=O)n(C)c1=Cc1ccccc1. The number of hydrogen-bond acceptors (Lipinski definition) is 5. The molecule has 0 aliphatic carbocycles. The zero-order valence-corrected chi connectivity index (χ0v) is 16.4. The van der Waals surface area contributed by atoms with Crippen molar-refractivity contribution in [3.05, 3.63) is 92.8 Å². The van der Waals surface area contributed by atoms with Crippen LogP contribution in [0.2, 0.25) is 0 Å². The van der Waals surface area contributed by atoms with E-state index in [4.69, 9.17) is 9.47 Å². The number of benzene rings is 2. The zero-order valence-electron chi connectivity index (χ0n) is 16.4. The first-order valence-electron chi connectivity index (χ1n) is 9.21. The maximum Gasteiger partial charge on any atom is 0.302 e. The highest BCUT2D eigenvalue weighted by Crippen LogP contribution is 2.02. The Morgan fingerprint density at radius 3 is 2.14 bits per heavy atom. The van der Waals surface area contributed by atoms with Gasteiger partial charge in [0.25, 0.3) is 5.56 Å². The van der Waals surface area contributed by atoms with Crippen molar-refractivity contribution < 1.29 is 14.3 Å². The monoisotopic (exact) mass is 390 g/mol. The van der Waals surface area contributed by atoms with Gasteiger partial charge in [0.1, 0.15) is 23.9 Å². The van der Waals surface area contributed by atoms with Crippen molar-refractivity contribution in [3.63, 3.8) is 0 Å². The van der Waals surface area contributed by atoms with Crippen LogP contribution >= 0.6 is 0 Å². The zero-order chi connectivity index (χ0) is 20.6. The minimum Gasteiger partial charge on any atom is -0.473 e. The molecule has 0 saturated heterocycles. The molecule has 0 amide bonds. The van der Waals surface area contributed by atoms with Crippen LogP contribution in [0.1, 0.15) is 18.1 Å². The van der Waals surface area contributed by atoms with Crippen LogP contribution in [0.25, 0.3) is 12.2 Å². The highest BCUT2D eigenvalue weighted by Gasteiger charge is 2.08. The predicted molar refractivity (Wildman–Crippen MR) is 111 cm³/mol. The van der Waals surface area contributed by atoms with Gasteiger partial charge in [0.05, 0.1) is 0 Å². The average molecular weight is 390 g/mol. The summed E-state index contributed by atoms with van der Waals surface area (Å²) in [4.78, 5) is 28.3. The van der Waals surface area contributed by atoms with Crippen LogP contribution < -0.4 is 21.0 Å². The lowest BCUT2D eigenvalue weighted by molar-refractivity contribution is -0.141. The molecule has 0 aliphatic heterocycles. The first kappa shape index (κ1) is 20.1. The average Bonchev–Trinajstić information content (AvgIpc) is 2.73. The number of carbonyl (C=O) groups is 1. The van der Waals surface area contributed by atoms with E-state index >= 15 is 0 Å². The maximum absolute atomic E-state index is 12.9. The van der Waals surface area contributed by atoms with Gasteiger partial charge in [-0.25, -0.2) is 4.98 Å². The van der Waals surface area contributed by atoms with Crippen LogP contribution in [0.3, 0.4) is 0 Å². The van der Waals surface area contributed by atoms with E-state index < -0.39 is 0 Å². The van der Waals surface area contributed by atoms with E-state index in [2.05, 4.69) is 4.98 Å². The Kier molecular flexibility index (Phi) is 6.58. The number of esters is 1. The Labute approximate surface area is 168 Å². The molecule has 0 bridgehead atoms. The minimum absolute atomic E-state index is 0.0996. The number of hydrogen-bond donors (Lipinski definition) is 0. The predicted octanol–water partition coefficient (Wildman–Crippen LogP) is 1.38. The second kappa shape index (κ2) is 9.50. The molecule has 0 N–H and O–H groups in total. The molecule has 0 unspecified atom stereocenters. The van der Waals surface area contributed by atoms with Gasteiger partial charge in [-0.05, 0) is 23.3 Å². The fourth-order valence-electron chi connectivity index (χ4n) is 2.74. The second-order valence-electron chi connectivity index (χ2n) is 6.35. The molecule has 0 fully saturated rings. The molecule has 3 aromatic rings. The lowest BCUT2D eigenvalue weighted by Gasteiger charge is -2.09. The fraction of sp³-hybridized carbons (Fsp3) is 0.174. The first-order valence-corrected chi connectivity index (χ1v) is 9.21. The van der Waals surface area contributed by atoms with Crippen LogP contribution in [0.4, 0.5) is 0 Å². The van der Waals surface area contributed by atoms with Gasteiger partial charge in [-0.3, -0.25) is 9.59 Å². The summed E-state index contributed by atoms with van der Waals surface area (Å²) in [7, 11) is 1.68. The van der Waals surface area contributed by atoms with Crippen molar-refractivity contribution in [2.75, 3.05) is 13.2 Å². The normalized spacial score (nSPS) is 12.1. The van der Waals surface area contributed by atoms with E-state index in [-0.39, 0.29) is 30.1 Å². The highest BCUT2D eigenvalue weighted by atomic mass is 16.6. The highest BCUT2D eigenvalue weighted by molar-refractivity contribution is 5.65. The summed E-state index contributed by atoms with van der Waals surface area (Å²) in [5.74, 6) is -0.0820. The first-order chi connectivity index (χ1) is 14.0. The summed E-state index contributed by atoms with van der Waals surface area (Å²) in [5, 5.41) is 0.806. The summed E-state index contributed by atoms with van der Waals surface area (Å²) in [5.41, 5.74) is 1.54. The number of carbonyl (C=O) groups excluding carboxylic acids is 1. The molecule has 3 rings (SSSR count). The third-order valence-electron chi connectivity index (χ3n) is 4.16. The van der Waals surface area contributed by atoms with Gasteiger partial charge < -0.3 is 14.0 Å². The summed E-state index contributed by atoms with van der Waals surface area (Å²) >= 11 is 0. The molecule has 0 radical (unpaired) electrons. The van der Waals surface area contributed by atoms with E-state index in [1.165, 1.54) is 11.5 Å². The molecule has 6 nitrogen and oxygen atoms in total. The Morgan fingerprint density at radius 1 is 0.966 bits per heavy atom. The van der Waals surface area contributed by atoms with Crippen molar-refractivity contribution >= 4 is 18.1 Å². The Hall–Kier alpha value is -3.67. The molecule has 1 aromatic heterocycles. The smallest absolute Gasteiger partial charge is 0.302 e. The van der Waals surface area contributed by atoms with E-state index in [9.17, 15) is 9.59 Å². The summed E-state index contributed by atoms with van der Waals surface area (Å²) < 4.78 is 12.2. The van der Waals surface area contributed by atoms with Crippen LogP contribution in [-0.2, 0) is 16.6 Å². The molecule has 0 aliphatic rings. The fourth-order valence-corrected chi connectivity index (χ4v) is 2.74. The van der Waals surface area contributed by atoms with Gasteiger partial charge >= 0.3 is 5.97 Å².